The Hall–Kier alpha value is -2.71. The van der Waals surface area contributed by atoms with Crippen molar-refractivity contribution in [3.8, 4) is 0 Å². The highest BCUT2D eigenvalue weighted by atomic mass is 16.2. The van der Waals surface area contributed by atoms with Gasteiger partial charge >= 0.3 is 5.69 Å². The summed E-state index contributed by atoms with van der Waals surface area (Å²) in [7, 11) is 2.98. The van der Waals surface area contributed by atoms with E-state index in [1.165, 1.54) is 36.1 Å². The van der Waals surface area contributed by atoms with Gasteiger partial charge in [0.2, 0.25) is 5.91 Å². The van der Waals surface area contributed by atoms with E-state index in [4.69, 9.17) is 0 Å². The van der Waals surface area contributed by atoms with Crippen LogP contribution in [-0.2, 0) is 18.9 Å². The first kappa shape index (κ1) is 22.5. The first-order chi connectivity index (χ1) is 15.3. The molecule has 8 nitrogen and oxygen atoms in total. The minimum absolute atomic E-state index is 0.0727. The quantitative estimate of drug-likeness (QED) is 0.758. The van der Waals surface area contributed by atoms with Crippen LogP contribution >= 0.6 is 0 Å². The molecule has 4 rings (SSSR count). The van der Waals surface area contributed by atoms with Gasteiger partial charge in [0.05, 0.1) is 6.54 Å². The van der Waals surface area contributed by atoms with Crippen LogP contribution < -0.4 is 21.9 Å². The fraction of sp³-hybridized carbons (Fsp3) is 0.542. The Balaban J connectivity index is 1.62. The molecule has 2 fully saturated rings. The molecule has 3 atom stereocenters. The molecule has 8 heteroatoms. The van der Waals surface area contributed by atoms with Crippen LogP contribution in [-0.4, -0.2) is 44.6 Å². The van der Waals surface area contributed by atoms with Crippen molar-refractivity contribution in [3.63, 3.8) is 0 Å². The summed E-state index contributed by atoms with van der Waals surface area (Å²) in [5, 5.41) is 6.58. The molecule has 172 valence electrons. The molecular formula is C24H33N5O3. The number of hydrogen-bond acceptors (Lipinski definition) is 5. The van der Waals surface area contributed by atoms with E-state index >= 15 is 0 Å². The summed E-state index contributed by atoms with van der Waals surface area (Å²) >= 11 is 0. The van der Waals surface area contributed by atoms with E-state index < -0.39 is 11.2 Å². The van der Waals surface area contributed by atoms with Crippen LogP contribution in [0.5, 0.6) is 0 Å². The third kappa shape index (κ3) is 4.29. The Morgan fingerprint density at radius 1 is 1.12 bits per heavy atom. The van der Waals surface area contributed by atoms with E-state index in [-0.39, 0.29) is 35.9 Å². The monoisotopic (exact) mass is 439 g/mol. The molecular weight excluding hydrogens is 406 g/mol. The topological polar surface area (TPSA) is 88.4 Å². The van der Waals surface area contributed by atoms with Gasteiger partial charge in [-0.1, -0.05) is 43.2 Å². The second kappa shape index (κ2) is 9.03. The third-order valence-corrected chi connectivity index (χ3v) is 7.14. The van der Waals surface area contributed by atoms with E-state index in [0.29, 0.717) is 0 Å². The lowest BCUT2D eigenvalue weighted by Gasteiger charge is -2.38. The zero-order valence-electron chi connectivity index (χ0n) is 19.1. The normalized spacial score (nSPS) is 26.2. The average Bonchev–Trinajstić information content (AvgIpc) is 3.02. The highest BCUT2D eigenvalue weighted by molar-refractivity contribution is 5.91. The van der Waals surface area contributed by atoms with Gasteiger partial charge in [-0.25, -0.2) is 4.79 Å². The second-order valence-electron chi connectivity index (χ2n) is 9.33. The molecule has 0 saturated carbocycles. The zero-order valence-corrected chi connectivity index (χ0v) is 19.1. The Morgan fingerprint density at radius 2 is 1.88 bits per heavy atom. The van der Waals surface area contributed by atoms with Gasteiger partial charge < -0.3 is 10.6 Å². The van der Waals surface area contributed by atoms with Crippen LogP contribution in [0.4, 0.5) is 5.82 Å². The van der Waals surface area contributed by atoms with Crippen LogP contribution in [0.15, 0.2) is 46.0 Å². The third-order valence-electron chi connectivity index (χ3n) is 7.14. The number of carbonyl (C=O) groups is 1. The van der Waals surface area contributed by atoms with Gasteiger partial charge in [0, 0.05) is 37.8 Å². The van der Waals surface area contributed by atoms with E-state index in [1.54, 1.807) is 7.05 Å². The number of amides is 1. The van der Waals surface area contributed by atoms with Gasteiger partial charge in [-0.3, -0.25) is 23.6 Å². The van der Waals surface area contributed by atoms with Gasteiger partial charge in [0.1, 0.15) is 5.82 Å². The van der Waals surface area contributed by atoms with Crippen molar-refractivity contribution in [3.05, 3.63) is 62.8 Å². The molecule has 1 aromatic heterocycles. The lowest BCUT2D eigenvalue weighted by molar-refractivity contribution is -0.118. The highest BCUT2D eigenvalue weighted by Crippen LogP contribution is 2.44. The van der Waals surface area contributed by atoms with Gasteiger partial charge in [-0.15, -0.1) is 0 Å². The smallest absolute Gasteiger partial charge is 0.311 e. The molecule has 2 aliphatic heterocycles. The summed E-state index contributed by atoms with van der Waals surface area (Å²) in [4.78, 5) is 39.7. The van der Waals surface area contributed by atoms with Gasteiger partial charge in [0.25, 0.3) is 5.56 Å². The average molecular weight is 440 g/mol. The molecule has 2 N–H and O–H groups in total. The molecule has 32 heavy (non-hydrogen) atoms. The molecule has 1 amide bonds. The summed E-state index contributed by atoms with van der Waals surface area (Å²) in [5.41, 5.74) is 0.226. The molecule has 0 unspecified atom stereocenters. The summed E-state index contributed by atoms with van der Waals surface area (Å²) in [6.45, 7) is 3.47. The van der Waals surface area contributed by atoms with Crippen molar-refractivity contribution in [1.82, 2.24) is 19.4 Å². The maximum absolute atomic E-state index is 13.1. The molecule has 2 aliphatic rings. The predicted molar refractivity (Wildman–Crippen MR) is 125 cm³/mol. The molecule has 0 spiro atoms. The first-order valence-corrected chi connectivity index (χ1v) is 11.4. The van der Waals surface area contributed by atoms with Crippen molar-refractivity contribution in [2.75, 3.05) is 18.4 Å². The number of nitrogens with one attached hydrogen (secondary N) is 2. The number of carbonyl (C=O) groups excluding carboxylic acids is 1. The van der Waals surface area contributed by atoms with Crippen molar-refractivity contribution in [2.45, 2.75) is 56.7 Å². The van der Waals surface area contributed by atoms with Crippen LogP contribution in [0.1, 0.15) is 50.6 Å². The minimum atomic E-state index is -0.465. The highest BCUT2D eigenvalue weighted by Gasteiger charge is 2.49. The van der Waals surface area contributed by atoms with E-state index in [2.05, 4.69) is 34.6 Å². The van der Waals surface area contributed by atoms with E-state index in [9.17, 15) is 14.4 Å². The Labute approximate surface area is 188 Å². The molecule has 1 aromatic carbocycles. The number of aromatic nitrogens is 2. The Morgan fingerprint density at radius 3 is 2.62 bits per heavy atom. The molecule has 3 heterocycles. The molecule has 2 aromatic rings. The SMILES string of the molecule is Cn1c(NC(=O)CN2[C@H]3CCCCCN[C@@]3(C)C[C@H]2c2ccccc2)cc(=O)n(C)c1=O. The van der Waals surface area contributed by atoms with Gasteiger partial charge in [-0.2, -0.15) is 0 Å². The fourth-order valence-corrected chi connectivity index (χ4v) is 5.33. The van der Waals surface area contributed by atoms with Crippen LogP contribution in [0.2, 0.25) is 0 Å². The maximum atomic E-state index is 13.1. The van der Waals surface area contributed by atoms with E-state index in [1.807, 2.05) is 18.2 Å². The fourth-order valence-electron chi connectivity index (χ4n) is 5.33. The van der Waals surface area contributed by atoms with Gasteiger partial charge in [0.15, 0.2) is 0 Å². The Bertz CT molecular complexity index is 1090. The number of anilines is 1. The minimum Gasteiger partial charge on any atom is -0.311 e. The van der Waals surface area contributed by atoms with Gasteiger partial charge in [-0.05, 0) is 38.3 Å². The summed E-state index contributed by atoms with van der Waals surface area (Å²) in [6.07, 6.45) is 5.47. The standard InChI is InChI=1S/C24H33N5O3/c1-24-15-18(17-10-6-4-7-11-17)29(19(24)12-8-5-9-13-25-24)16-21(30)26-20-14-22(31)28(3)23(32)27(20)2/h4,6-7,10-11,14,18-19,25H,5,8-9,12-13,15-16H2,1-3H3,(H,26,30)/t18-,19-,24-/m0/s1. The summed E-state index contributed by atoms with van der Waals surface area (Å²) < 4.78 is 2.31. The number of nitrogens with zero attached hydrogens (tertiary/aromatic N) is 3. The van der Waals surface area contributed by atoms with Crippen LogP contribution in [0.25, 0.3) is 0 Å². The van der Waals surface area contributed by atoms with Crippen LogP contribution in [0, 0.1) is 0 Å². The largest absolute Gasteiger partial charge is 0.332 e. The Kier molecular flexibility index (Phi) is 6.35. The maximum Gasteiger partial charge on any atom is 0.332 e. The second-order valence-corrected chi connectivity index (χ2v) is 9.33. The van der Waals surface area contributed by atoms with Crippen molar-refractivity contribution in [1.29, 1.82) is 0 Å². The van der Waals surface area contributed by atoms with Crippen molar-refractivity contribution < 1.29 is 4.79 Å². The number of likely N-dealkylation sites (tertiary alicyclic amines) is 1. The van der Waals surface area contributed by atoms with Crippen LogP contribution in [0.3, 0.4) is 0 Å². The first-order valence-electron chi connectivity index (χ1n) is 11.4. The molecule has 0 bridgehead atoms. The molecule has 0 aliphatic carbocycles. The lowest BCUT2D eigenvalue weighted by Crippen LogP contribution is -2.54. The molecule has 2 saturated heterocycles. The molecule has 0 radical (unpaired) electrons. The number of benzene rings is 1. The number of hydrogen-bond donors (Lipinski definition) is 2. The lowest BCUT2D eigenvalue weighted by atomic mass is 9.85. The van der Waals surface area contributed by atoms with Crippen molar-refractivity contribution >= 4 is 11.7 Å². The van der Waals surface area contributed by atoms with E-state index in [0.717, 1.165) is 30.4 Å². The number of fused-ring (bicyclic) bond motifs is 1. The predicted octanol–water partition coefficient (Wildman–Crippen LogP) is 1.76. The zero-order chi connectivity index (χ0) is 22.9. The summed E-state index contributed by atoms with van der Waals surface area (Å²) in [6, 6.07) is 12.0. The number of rotatable bonds is 4. The summed E-state index contributed by atoms with van der Waals surface area (Å²) in [5.74, 6) is -0.00222. The van der Waals surface area contributed by atoms with Crippen molar-refractivity contribution in [2.24, 2.45) is 14.1 Å².